The molecule has 0 saturated heterocycles. The highest BCUT2D eigenvalue weighted by Gasteiger charge is 2.42. The number of carboxylic acid groups (broad SMARTS) is 1. The zero-order chi connectivity index (χ0) is 21.4. The number of nitro benzene ring substituents is 1. The van der Waals surface area contributed by atoms with Crippen molar-refractivity contribution in [1.82, 2.24) is 0 Å². The van der Waals surface area contributed by atoms with Crippen molar-refractivity contribution in [3.05, 3.63) is 39.9 Å². The van der Waals surface area contributed by atoms with Crippen LogP contribution in [0, 0.1) is 10.1 Å². The summed E-state index contributed by atoms with van der Waals surface area (Å²) in [5.41, 5.74) is -0.365. The molecule has 0 aliphatic rings. The number of hydrogen-bond acceptors (Lipinski definition) is 4. The number of carbonyl (C=O) groups excluding carboxylic acids is 1. The van der Waals surface area contributed by atoms with Crippen LogP contribution in [0.1, 0.15) is 19.4 Å². The van der Waals surface area contributed by atoms with Gasteiger partial charge >= 0.3 is 12.4 Å². The lowest BCUT2D eigenvalue weighted by Crippen LogP contribution is -2.37. The number of nitrogens with zero attached hydrogens (tertiary/aromatic N) is 2. The number of rotatable bonds is 5. The van der Waals surface area contributed by atoms with Crippen LogP contribution in [0.25, 0.3) is 0 Å². The minimum absolute atomic E-state index is 0.134. The molecule has 0 fully saturated rings. The Morgan fingerprint density at radius 3 is 1.63 bits per heavy atom. The summed E-state index contributed by atoms with van der Waals surface area (Å²) < 4.78 is 72.0. The Bertz CT molecular complexity index is 675. The molecule has 0 unspecified atom stereocenters. The number of alkyl halides is 6. The standard InChI is InChI=1S/C13H16F3N2O2.C2HF3O2/c1-3-17(4-2)12(13(14,15)16)9-10-5-7-11(8-6-10)18(19)20;3-2(4,5)1(6)7/h5-8H,3-4,9H2,1-2H3;(H,6,7)/q+1;/p-1. The lowest BCUT2D eigenvalue weighted by atomic mass is 10.1. The van der Waals surface area contributed by atoms with Gasteiger partial charge in [0.15, 0.2) is 0 Å². The topological polar surface area (TPSA) is 86.3 Å². The first-order chi connectivity index (χ1) is 12.2. The Kier molecular flexibility index (Phi) is 8.90. The third-order valence-corrected chi connectivity index (χ3v) is 3.22. The molecule has 0 bridgehead atoms. The van der Waals surface area contributed by atoms with Gasteiger partial charge in [-0.2, -0.15) is 26.3 Å². The highest BCUT2D eigenvalue weighted by atomic mass is 19.4. The largest absolute Gasteiger partial charge is 0.542 e. The van der Waals surface area contributed by atoms with Crippen molar-refractivity contribution in [2.24, 2.45) is 0 Å². The molecule has 0 saturated carbocycles. The number of aliphatic carboxylic acids is 1. The molecular formula is C15H16F6N2O4. The second kappa shape index (κ2) is 9.88. The zero-order valence-electron chi connectivity index (χ0n) is 14.2. The van der Waals surface area contributed by atoms with Gasteiger partial charge in [0.05, 0.1) is 11.3 Å². The van der Waals surface area contributed by atoms with Crippen molar-refractivity contribution >= 4 is 17.4 Å². The minimum Gasteiger partial charge on any atom is -0.542 e. The Balaban J connectivity index is 0.000000821. The van der Waals surface area contributed by atoms with E-state index in [-0.39, 0.29) is 25.2 Å². The van der Waals surface area contributed by atoms with Gasteiger partial charge in [0, 0.05) is 12.1 Å². The number of nitro groups is 1. The van der Waals surface area contributed by atoms with Crippen LogP contribution >= 0.6 is 0 Å². The van der Waals surface area contributed by atoms with E-state index in [0.717, 1.165) is 0 Å². The van der Waals surface area contributed by atoms with E-state index in [1.807, 2.05) is 0 Å². The SMILES string of the molecule is CC[N+](CC)=C(Cc1ccc([N+](=O)[O-])cc1)C(F)(F)F.O=C([O-])C(F)(F)F. The van der Waals surface area contributed by atoms with Crippen LogP contribution in [-0.4, -0.2) is 46.6 Å². The number of halogens is 6. The van der Waals surface area contributed by atoms with E-state index in [9.17, 15) is 36.5 Å². The molecule has 152 valence electrons. The molecule has 0 aliphatic carbocycles. The third kappa shape index (κ3) is 8.51. The lowest BCUT2D eigenvalue weighted by Gasteiger charge is -2.11. The first-order valence-corrected chi connectivity index (χ1v) is 7.43. The summed E-state index contributed by atoms with van der Waals surface area (Å²) in [6.07, 6.45) is -9.89. The summed E-state index contributed by atoms with van der Waals surface area (Å²) in [4.78, 5) is 18.7. The van der Waals surface area contributed by atoms with Crippen LogP contribution in [0.3, 0.4) is 0 Å². The quantitative estimate of drug-likeness (QED) is 0.249. The van der Waals surface area contributed by atoms with Crippen LogP contribution < -0.4 is 5.11 Å². The summed E-state index contributed by atoms with van der Waals surface area (Å²) >= 11 is 0. The Morgan fingerprint density at radius 1 is 0.963 bits per heavy atom. The number of non-ortho nitro benzene ring substituents is 1. The molecule has 0 aliphatic heterocycles. The average Bonchev–Trinajstić information content (AvgIpc) is 2.54. The van der Waals surface area contributed by atoms with Gasteiger partial charge < -0.3 is 9.90 Å². The fourth-order valence-corrected chi connectivity index (χ4v) is 1.93. The van der Waals surface area contributed by atoms with Gasteiger partial charge in [-0.1, -0.05) is 12.1 Å². The van der Waals surface area contributed by atoms with Crippen LogP contribution in [0.5, 0.6) is 0 Å². The van der Waals surface area contributed by atoms with Crippen molar-refractivity contribution in [3.8, 4) is 0 Å². The van der Waals surface area contributed by atoms with Crippen LogP contribution in [0.15, 0.2) is 24.3 Å². The fraction of sp³-hybridized carbons (Fsp3) is 0.467. The molecule has 1 aromatic carbocycles. The van der Waals surface area contributed by atoms with Gasteiger partial charge in [-0.15, -0.1) is 0 Å². The molecule has 0 radical (unpaired) electrons. The van der Waals surface area contributed by atoms with E-state index < -0.39 is 29.0 Å². The predicted molar refractivity (Wildman–Crippen MR) is 80.3 cm³/mol. The number of carboxylic acids is 1. The molecule has 6 nitrogen and oxygen atoms in total. The van der Waals surface area contributed by atoms with E-state index in [1.165, 1.54) is 28.8 Å². The third-order valence-electron chi connectivity index (χ3n) is 3.22. The Morgan fingerprint density at radius 2 is 1.37 bits per heavy atom. The van der Waals surface area contributed by atoms with Crippen LogP contribution in [0.2, 0.25) is 0 Å². The molecule has 0 atom stereocenters. The maximum Gasteiger partial charge on any atom is 0.472 e. The second-order valence-corrected chi connectivity index (χ2v) is 5.00. The van der Waals surface area contributed by atoms with Crippen molar-refractivity contribution < 1.29 is 45.7 Å². The highest BCUT2D eigenvalue weighted by Crippen LogP contribution is 2.21. The molecule has 0 N–H and O–H groups in total. The number of hydrogen-bond donors (Lipinski definition) is 0. The molecule has 0 amide bonds. The molecule has 0 aromatic heterocycles. The first kappa shape index (κ1) is 24.3. The lowest BCUT2D eigenvalue weighted by molar-refractivity contribution is -0.528. The van der Waals surface area contributed by atoms with Gasteiger partial charge in [0.2, 0.25) is 0 Å². The Labute approximate surface area is 149 Å². The second-order valence-electron chi connectivity index (χ2n) is 5.00. The molecule has 1 rings (SSSR count). The maximum atomic E-state index is 13.1. The molecule has 1 aromatic rings. The normalized spacial score (nSPS) is 11.3. The zero-order valence-corrected chi connectivity index (χ0v) is 14.2. The molecule has 27 heavy (non-hydrogen) atoms. The van der Waals surface area contributed by atoms with Gasteiger partial charge in [-0.25, -0.2) is 4.58 Å². The summed E-state index contributed by atoms with van der Waals surface area (Å²) in [7, 11) is 0. The number of carbonyl (C=O) groups is 1. The fourth-order valence-electron chi connectivity index (χ4n) is 1.93. The summed E-state index contributed by atoms with van der Waals surface area (Å²) in [6.45, 7) is 3.84. The predicted octanol–water partition coefficient (Wildman–Crippen LogP) is 2.49. The van der Waals surface area contributed by atoms with Crippen molar-refractivity contribution in [2.75, 3.05) is 13.1 Å². The van der Waals surface area contributed by atoms with E-state index >= 15 is 0 Å². The smallest absolute Gasteiger partial charge is 0.472 e. The average molecular weight is 402 g/mol. The van der Waals surface area contributed by atoms with Crippen molar-refractivity contribution in [2.45, 2.75) is 32.6 Å². The van der Waals surface area contributed by atoms with Crippen LogP contribution in [0.4, 0.5) is 32.0 Å². The van der Waals surface area contributed by atoms with Gasteiger partial charge in [-0.05, 0) is 19.4 Å². The van der Waals surface area contributed by atoms with E-state index in [2.05, 4.69) is 0 Å². The molecule has 0 heterocycles. The minimum atomic E-state index is -5.19. The van der Waals surface area contributed by atoms with Crippen LogP contribution in [-0.2, 0) is 11.2 Å². The maximum absolute atomic E-state index is 13.1. The first-order valence-electron chi connectivity index (χ1n) is 7.43. The number of benzene rings is 1. The van der Waals surface area contributed by atoms with E-state index in [1.54, 1.807) is 13.8 Å². The summed E-state index contributed by atoms with van der Waals surface area (Å²) in [5, 5.41) is 19.3. The van der Waals surface area contributed by atoms with Gasteiger partial charge in [-0.3, -0.25) is 10.1 Å². The summed E-state index contributed by atoms with van der Waals surface area (Å²) in [5.74, 6) is -3.01. The van der Waals surface area contributed by atoms with Gasteiger partial charge in [0.25, 0.3) is 11.4 Å². The van der Waals surface area contributed by atoms with E-state index in [4.69, 9.17) is 9.90 Å². The molecule has 12 heteroatoms. The Hall–Kier alpha value is -2.66. The van der Waals surface area contributed by atoms with Crippen molar-refractivity contribution in [3.63, 3.8) is 0 Å². The van der Waals surface area contributed by atoms with Gasteiger partial charge in [0.1, 0.15) is 19.1 Å². The molecule has 0 spiro atoms. The van der Waals surface area contributed by atoms with Crippen molar-refractivity contribution in [1.29, 1.82) is 0 Å². The monoisotopic (exact) mass is 402 g/mol. The molecular weight excluding hydrogens is 386 g/mol. The van der Waals surface area contributed by atoms with E-state index in [0.29, 0.717) is 5.56 Å². The highest BCUT2D eigenvalue weighted by molar-refractivity contribution is 5.87. The summed E-state index contributed by atoms with van der Waals surface area (Å²) in [6, 6.07) is 5.14.